The molecule has 0 aliphatic rings. The predicted molar refractivity (Wildman–Crippen MR) is 101 cm³/mol. The van der Waals surface area contributed by atoms with Gasteiger partial charge in [-0.15, -0.1) is 0 Å². The van der Waals surface area contributed by atoms with Gasteiger partial charge in [-0.3, -0.25) is 4.79 Å². The zero-order chi connectivity index (χ0) is 16.3. The Morgan fingerprint density at radius 3 is 1.55 bits per heavy atom. The molecule has 0 aromatic rings. The van der Waals surface area contributed by atoms with Crippen molar-refractivity contribution >= 4 is 17.7 Å². The number of nitrogens with two attached hydrogens (primary N) is 1. The van der Waals surface area contributed by atoms with Gasteiger partial charge in [0, 0.05) is 6.42 Å². The third-order valence-corrected chi connectivity index (χ3v) is 5.26. The molecule has 2 N–H and O–H groups in total. The highest BCUT2D eigenvalue weighted by Crippen LogP contribution is 2.14. The van der Waals surface area contributed by atoms with Crippen molar-refractivity contribution in [1.29, 1.82) is 0 Å². The Morgan fingerprint density at radius 2 is 1.09 bits per heavy atom. The molecular weight excluding hydrogens is 290 g/mol. The summed E-state index contributed by atoms with van der Waals surface area (Å²) in [5, 5.41) is 0. The molecule has 1 amide bonds. The molecule has 0 aromatic carbocycles. The van der Waals surface area contributed by atoms with Crippen molar-refractivity contribution in [3.63, 3.8) is 0 Å². The van der Waals surface area contributed by atoms with Crippen LogP contribution in [-0.2, 0) is 4.79 Å². The van der Waals surface area contributed by atoms with Crippen molar-refractivity contribution in [2.75, 3.05) is 11.5 Å². The fourth-order valence-electron chi connectivity index (χ4n) is 2.65. The van der Waals surface area contributed by atoms with E-state index in [1.807, 2.05) is 11.8 Å². The molecule has 3 heteroatoms. The Kier molecular flexibility index (Phi) is 18.7. The third kappa shape index (κ3) is 19.8. The molecule has 0 spiro atoms. The quantitative estimate of drug-likeness (QED) is 0.310. The maximum atomic E-state index is 10.6. The van der Waals surface area contributed by atoms with E-state index in [2.05, 4.69) is 6.92 Å². The van der Waals surface area contributed by atoms with E-state index in [0.717, 1.165) is 12.8 Å². The van der Waals surface area contributed by atoms with Crippen molar-refractivity contribution in [3.05, 3.63) is 0 Å². The number of carbonyl (C=O) groups is 1. The van der Waals surface area contributed by atoms with Gasteiger partial charge in [0.05, 0.1) is 0 Å². The predicted octanol–water partition coefficient (Wildman–Crippen LogP) is 6.08. The second-order valence-corrected chi connectivity index (χ2v) is 7.65. The lowest BCUT2D eigenvalue weighted by molar-refractivity contribution is -0.118. The summed E-state index contributed by atoms with van der Waals surface area (Å²) in [6.07, 6.45) is 19.7. The van der Waals surface area contributed by atoms with Crippen LogP contribution in [0, 0.1) is 0 Å². The maximum absolute atomic E-state index is 10.6. The smallest absolute Gasteiger partial charge is 0.217 e. The number of thioether (sulfide) groups is 1. The van der Waals surface area contributed by atoms with Gasteiger partial charge in [0.25, 0.3) is 0 Å². The van der Waals surface area contributed by atoms with E-state index in [1.54, 1.807) is 0 Å². The zero-order valence-electron chi connectivity index (χ0n) is 14.9. The highest BCUT2D eigenvalue weighted by atomic mass is 32.2. The number of hydrogen-bond acceptors (Lipinski definition) is 2. The molecule has 0 saturated carbocycles. The molecule has 0 aliphatic heterocycles. The Balaban J connectivity index is 2.95. The van der Waals surface area contributed by atoms with Gasteiger partial charge in [-0.05, 0) is 30.8 Å². The fourth-order valence-corrected chi connectivity index (χ4v) is 3.67. The van der Waals surface area contributed by atoms with Crippen LogP contribution >= 0.6 is 11.8 Å². The molecule has 0 fully saturated rings. The van der Waals surface area contributed by atoms with Crippen molar-refractivity contribution in [2.45, 2.75) is 103 Å². The first-order valence-electron chi connectivity index (χ1n) is 9.63. The van der Waals surface area contributed by atoms with Crippen molar-refractivity contribution in [2.24, 2.45) is 5.73 Å². The van der Waals surface area contributed by atoms with E-state index in [4.69, 9.17) is 5.73 Å². The average Bonchev–Trinajstić information content (AvgIpc) is 2.50. The SMILES string of the molecule is CCCCCCCCCCCCCCSCCCCC(N)=O. The Bertz CT molecular complexity index is 233. The minimum atomic E-state index is -0.161. The molecule has 2 nitrogen and oxygen atoms in total. The lowest BCUT2D eigenvalue weighted by atomic mass is 10.1. The highest BCUT2D eigenvalue weighted by Gasteiger charge is 1.96. The number of carbonyl (C=O) groups excluding carboxylic acids is 1. The first-order valence-corrected chi connectivity index (χ1v) is 10.8. The Hall–Kier alpha value is -0.180. The lowest BCUT2D eigenvalue weighted by Gasteiger charge is -2.03. The molecule has 132 valence electrons. The van der Waals surface area contributed by atoms with Gasteiger partial charge in [-0.2, -0.15) is 11.8 Å². The van der Waals surface area contributed by atoms with Crippen molar-refractivity contribution in [1.82, 2.24) is 0 Å². The molecule has 0 unspecified atom stereocenters. The third-order valence-electron chi connectivity index (χ3n) is 4.10. The second-order valence-electron chi connectivity index (χ2n) is 6.42. The molecule has 0 rings (SSSR count). The van der Waals surface area contributed by atoms with Crippen LogP contribution in [0.15, 0.2) is 0 Å². The van der Waals surface area contributed by atoms with Crippen LogP contribution < -0.4 is 5.73 Å². The van der Waals surface area contributed by atoms with Crippen molar-refractivity contribution < 1.29 is 4.79 Å². The number of hydrogen-bond donors (Lipinski definition) is 1. The van der Waals surface area contributed by atoms with Gasteiger partial charge in [0.1, 0.15) is 0 Å². The summed E-state index contributed by atoms with van der Waals surface area (Å²) < 4.78 is 0. The normalized spacial score (nSPS) is 11.0. The molecule has 0 atom stereocenters. The van der Waals surface area contributed by atoms with E-state index >= 15 is 0 Å². The van der Waals surface area contributed by atoms with Crippen molar-refractivity contribution in [3.8, 4) is 0 Å². The van der Waals surface area contributed by atoms with Crippen LogP contribution in [0.5, 0.6) is 0 Å². The first kappa shape index (κ1) is 21.8. The topological polar surface area (TPSA) is 43.1 Å². The molecule has 22 heavy (non-hydrogen) atoms. The summed E-state index contributed by atoms with van der Waals surface area (Å²) in [6.45, 7) is 2.28. The summed E-state index contributed by atoms with van der Waals surface area (Å²) in [7, 11) is 0. The Labute approximate surface area is 143 Å². The minimum Gasteiger partial charge on any atom is -0.370 e. The van der Waals surface area contributed by atoms with Crippen LogP contribution in [0.3, 0.4) is 0 Å². The van der Waals surface area contributed by atoms with E-state index in [-0.39, 0.29) is 5.91 Å². The van der Waals surface area contributed by atoms with Gasteiger partial charge >= 0.3 is 0 Å². The lowest BCUT2D eigenvalue weighted by Crippen LogP contribution is -2.09. The number of amides is 1. The zero-order valence-corrected chi connectivity index (χ0v) is 15.7. The molecule has 0 saturated heterocycles. The number of unbranched alkanes of at least 4 members (excludes halogenated alkanes) is 12. The summed E-state index contributed by atoms with van der Waals surface area (Å²) in [5.41, 5.74) is 5.11. The van der Waals surface area contributed by atoms with Gasteiger partial charge in [0.2, 0.25) is 5.91 Å². The number of primary amides is 1. The summed E-state index contributed by atoms with van der Waals surface area (Å²) in [4.78, 5) is 10.6. The van der Waals surface area contributed by atoms with Gasteiger partial charge in [0.15, 0.2) is 0 Å². The maximum Gasteiger partial charge on any atom is 0.217 e. The van der Waals surface area contributed by atoms with E-state index in [0.29, 0.717) is 6.42 Å². The fraction of sp³-hybridized carbons (Fsp3) is 0.947. The first-order chi connectivity index (χ1) is 10.8. The van der Waals surface area contributed by atoms with Gasteiger partial charge < -0.3 is 5.73 Å². The monoisotopic (exact) mass is 329 g/mol. The molecule has 0 radical (unpaired) electrons. The van der Waals surface area contributed by atoms with E-state index < -0.39 is 0 Å². The van der Waals surface area contributed by atoms with Gasteiger partial charge in [-0.25, -0.2) is 0 Å². The van der Waals surface area contributed by atoms with Crippen LogP contribution in [-0.4, -0.2) is 17.4 Å². The van der Waals surface area contributed by atoms with Crippen LogP contribution in [0.2, 0.25) is 0 Å². The number of rotatable bonds is 18. The minimum absolute atomic E-state index is 0.161. The average molecular weight is 330 g/mol. The summed E-state index contributed by atoms with van der Waals surface area (Å²) in [6, 6.07) is 0. The summed E-state index contributed by atoms with van der Waals surface area (Å²) in [5.74, 6) is 2.31. The largest absolute Gasteiger partial charge is 0.370 e. The molecule has 0 bridgehead atoms. The van der Waals surface area contributed by atoms with Gasteiger partial charge in [-0.1, -0.05) is 77.6 Å². The molecule has 0 heterocycles. The Morgan fingerprint density at radius 1 is 0.682 bits per heavy atom. The standard InChI is InChI=1S/C19H39NOS/c1-2-3-4-5-6-7-8-9-10-11-12-14-17-22-18-15-13-16-19(20)21/h2-18H2,1H3,(H2,20,21). The van der Waals surface area contributed by atoms with E-state index in [9.17, 15) is 4.79 Å². The van der Waals surface area contributed by atoms with Crippen LogP contribution in [0.1, 0.15) is 103 Å². The summed E-state index contributed by atoms with van der Waals surface area (Å²) >= 11 is 2.03. The van der Waals surface area contributed by atoms with E-state index in [1.165, 1.54) is 88.6 Å². The molecule has 0 aliphatic carbocycles. The van der Waals surface area contributed by atoms with Crippen LogP contribution in [0.4, 0.5) is 0 Å². The molecular formula is C19H39NOS. The molecule has 0 aromatic heterocycles. The highest BCUT2D eigenvalue weighted by molar-refractivity contribution is 7.99. The second kappa shape index (κ2) is 18.9. The van der Waals surface area contributed by atoms with Crippen LogP contribution in [0.25, 0.3) is 0 Å².